The number of morpholine rings is 1. The van der Waals surface area contributed by atoms with Crippen LogP contribution < -0.4 is 10.2 Å². The van der Waals surface area contributed by atoms with Gasteiger partial charge < -0.3 is 20.1 Å². The summed E-state index contributed by atoms with van der Waals surface area (Å²) in [6.07, 6.45) is 0.864. The fourth-order valence-corrected chi connectivity index (χ4v) is 3.39. The van der Waals surface area contributed by atoms with Gasteiger partial charge >= 0.3 is 0 Å². The van der Waals surface area contributed by atoms with E-state index in [9.17, 15) is 9.90 Å². The van der Waals surface area contributed by atoms with Gasteiger partial charge in [0.15, 0.2) is 0 Å². The molecule has 0 spiro atoms. The van der Waals surface area contributed by atoms with Crippen LogP contribution in [0.15, 0.2) is 48.5 Å². The second-order valence-electron chi connectivity index (χ2n) is 6.68. The highest BCUT2D eigenvalue weighted by molar-refractivity contribution is 5.95. The number of amides is 1. The zero-order valence-electron chi connectivity index (χ0n) is 14.0. The quantitative estimate of drug-likeness (QED) is 0.900. The summed E-state index contributed by atoms with van der Waals surface area (Å²) >= 11 is 0. The molecular formula is C20H22N2O3. The van der Waals surface area contributed by atoms with Crippen molar-refractivity contribution >= 4 is 17.3 Å². The lowest BCUT2D eigenvalue weighted by atomic mass is 10.1. The summed E-state index contributed by atoms with van der Waals surface area (Å²) in [5.74, 6) is 0.597. The van der Waals surface area contributed by atoms with Crippen LogP contribution in [0.1, 0.15) is 17.9 Å². The Hall–Kier alpha value is -2.53. The minimum absolute atomic E-state index is 0.0171. The zero-order chi connectivity index (χ0) is 17.2. The molecule has 1 saturated heterocycles. The van der Waals surface area contributed by atoms with E-state index in [4.69, 9.17) is 4.74 Å². The van der Waals surface area contributed by atoms with Crippen molar-refractivity contribution in [3.05, 3.63) is 54.1 Å². The summed E-state index contributed by atoms with van der Waals surface area (Å²) < 4.78 is 5.37. The van der Waals surface area contributed by atoms with Crippen LogP contribution >= 0.6 is 0 Å². The Kier molecular flexibility index (Phi) is 4.32. The first kappa shape index (κ1) is 16.0. The number of ether oxygens (including phenoxy) is 1. The number of aromatic hydroxyl groups is 1. The summed E-state index contributed by atoms with van der Waals surface area (Å²) in [6, 6.07) is 15.1. The molecule has 2 atom stereocenters. The van der Waals surface area contributed by atoms with Crippen molar-refractivity contribution in [1.29, 1.82) is 0 Å². The first-order valence-corrected chi connectivity index (χ1v) is 8.73. The molecule has 1 saturated carbocycles. The van der Waals surface area contributed by atoms with E-state index < -0.39 is 0 Å². The van der Waals surface area contributed by atoms with Crippen molar-refractivity contribution in [3.8, 4) is 5.75 Å². The van der Waals surface area contributed by atoms with Gasteiger partial charge in [0.05, 0.1) is 13.2 Å². The van der Waals surface area contributed by atoms with Gasteiger partial charge in [-0.3, -0.25) is 4.79 Å². The average molecular weight is 338 g/mol. The van der Waals surface area contributed by atoms with Crippen molar-refractivity contribution < 1.29 is 14.6 Å². The third-order valence-corrected chi connectivity index (χ3v) is 4.96. The number of anilines is 2. The molecule has 1 amide bonds. The van der Waals surface area contributed by atoms with Crippen LogP contribution in [0, 0.1) is 5.92 Å². The first-order chi connectivity index (χ1) is 12.2. The van der Waals surface area contributed by atoms with Crippen LogP contribution in [0.3, 0.4) is 0 Å². The SMILES string of the molecule is O=C(Nc1ccc(N2CCOCC2)cc1)C1CC1c1ccc(O)cc1. The number of hydrogen-bond acceptors (Lipinski definition) is 4. The normalized spacial score (nSPS) is 22.5. The number of rotatable bonds is 4. The smallest absolute Gasteiger partial charge is 0.228 e. The van der Waals surface area contributed by atoms with Crippen molar-refractivity contribution in [2.45, 2.75) is 12.3 Å². The molecule has 2 aliphatic rings. The highest BCUT2D eigenvalue weighted by Crippen LogP contribution is 2.48. The lowest BCUT2D eigenvalue weighted by Crippen LogP contribution is -2.36. The van der Waals surface area contributed by atoms with E-state index in [0.717, 1.165) is 49.7 Å². The third kappa shape index (κ3) is 3.61. The molecule has 1 aliphatic carbocycles. The maximum absolute atomic E-state index is 12.4. The van der Waals surface area contributed by atoms with E-state index >= 15 is 0 Å². The van der Waals surface area contributed by atoms with Crippen molar-refractivity contribution in [3.63, 3.8) is 0 Å². The predicted octanol–water partition coefficient (Wildman–Crippen LogP) is 2.97. The molecule has 2 fully saturated rings. The maximum atomic E-state index is 12.4. The van der Waals surface area contributed by atoms with Gasteiger partial charge in [-0.25, -0.2) is 0 Å². The molecular weight excluding hydrogens is 316 g/mol. The van der Waals surface area contributed by atoms with E-state index in [1.165, 1.54) is 0 Å². The highest BCUT2D eigenvalue weighted by atomic mass is 16.5. The number of phenolic OH excluding ortho intramolecular Hbond substituents is 1. The minimum atomic E-state index is 0.0171. The molecule has 4 rings (SSSR count). The monoisotopic (exact) mass is 338 g/mol. The molecule has 2 aromatic rings. The molecule has 25 heavy (non-hydrogen) atoms. The number of phenols is 1. The molecule has 2 N–H and O–H groups in total. The second kappa shape index (κ2) is 6.76. The Labute approximate surface area is 147 Å². The van der Waals surface area contributed by atoms with Gasteiger partial charge in [0, 0.05) is 30.4 Å². The molecule has 0 radical (unpaired) electrons. The van der Waals surface area contributed by atoms with Gasteiger partial charge in [-0.2, -0.15) is 0 Å². The fraction of sp³-hybridized carbons (Fsp3) is 0.350. The third-order valence-electron chi connectivity index (χ3n) is 4.96. The first-order valence-electron chi connectivity index (χ1n) is 8.73. The molecule has 5 nitrogen and oxygen atoms in total. The van der Waals surface area contributed by atoms with E-state index in [-0.39, 0.29) is 23.5 Å². The largest absolute Gasteiger partial charge is 0.508 e. The van der Waals surface area contributed by atoms with E-state index in [1.54, 1.807) is 12.1 Å². The van der Waals surface area contributed by atoms with Gasteiger partial charge in [0.25, 0.3) is 0 Å². The standard InChI is InChI=1S/C20H22N2O3/c23-17-7-1-14(2-8-17)18-13-19(18)20(24)21-15-3-5-16(6-4-15)22-9-11-25-12-10-22/h1-8,18-19,23H,9-13H2,(H,21,24). The van der Waals surface area contributed by atoms with E-state index in [1.807, 2.05) is 36.4 Å². The minimum Gasteiger partial charge on any atom is -0.508 e. The maximum Gasteiger partial charge on any atom is 0.228 e. The number of benzene rings is 2. The molecule has 130 valence electrons. The topological polar surface area (TPSA) is 61.8 Å². The summed E-state index contributed by atoms with van der Waals surface area (Å²) in [6.45, 7) is 3.34. The Morgan fingerprint density at radius 1 is 1.04 bits per heavy atom. The van der Waals surface area contributed by atoms with Crippen molar-refractivity contribution in [1.82, 2.24) is 0 Å². The molecule has 2 aromatic carbocycles. The average Bonchev–Trinajstić information content (AvgIpc) is 3.45. The number of carbonyl (C=O) groups excluding carboxylic acids is 1. The van der Waals surface area contributed by atoms with Crippen LogP contribution in [0.5, 0.6) is 5.75 Å². The van der Waals surface area contributed by atoms with Crippen molar-refractivity contribution in [2.75, 3.05) is 36.5 Å². The van der Waals surface area contributed by atoms with Gasteiger partial charge in [0.2, 0.25) is 5.91 Å². The van der Waals surface area contributed by atoms with Gasteiger partial charge in [-0.15, -0.1) is 0 Å². The van der Waals surface area contributed by atoms with Gasteiger partial charge in [-0.05, 0) is 54.3 Å². The fourth-order valence-electron chi connectivity index (χ4n) is 3.39. The van der Waals surface area contributed by atoms with Crippen LogP contribution in [-0.2, 0) is 9.53 Å². The lowest BCUT2D eigenvalue weighted by Gasteiger charge is -2.28. The predicted molar refractivity (Wildman–Crippen MR) is 97.1 cm³/mol. The number of hydrogen-bond donors (Lipinski definition) is 2. The molecule has 2 unspecified atom stereocenters. The zero-order valence-corrected chi connectivity index (χ0v) is 14.0. The van der Waals surface area contributed by atoms with Crippen LogP contribution in [0.2, 0.25) is 0 Å². The molecule has 1 heterocycles. The lowest BCUT2D eigenvalue weighted by molar-refractivity contribution is -0.117. The molecule has 5 heteroatoms. The number of nitrogens with one attached hydrogen (secondary N) is 1. The van der Waals surface area contributed by atoms with Gasteiger partial charge in [0.1, 0.15) is 5.75 Å². The van der Waals surface area contributed by atoms with Crippen LogP contribution in [0.25, 0.3) is 0 Å². The summed E-state index contributed by atoms with van der Waals surface area (Å²) in [7, 11) is 0. The van der Waals surface area contributed by atoms with Gasteiger partial charge in [-0.1, -0.05) is 12.1 Å². The number of nitrogens with zero attached hydrogens (tertiary/aromatic N) is 1. The summed E-state index contributed by atoms with van der Waals surface area (Å²) in [4.78, 5) is 14.7. The molecule has 0 aromatic heterocycles. The Bertz CT molecular complexity index is 737. The number of carbonyl (C=O) groups is 1. The van der Waals surface area contributed by atoms with Crippen molar-refractivity contribution in [2.24, 2.45) is 5.92 Å². The molecule has 1 aliphatic heterocycles. The Morgan fingerprint density at radius 3 is 2.40 bits per heavy atom. The van der Waals surface area contributed by atoms with E-state index in [0.29, 0.717) is 0 Å². The Balaban J connectivity index is 1.34. The molecule has 0 bridgehead atoms. The summed E-state index contributed by atoms with van der Waals surface area (Å²) in [5, 5.41) is 12.4. The Morgan fingerprint density at radius 2 is 1.72 bits per heavy atom. The van der Waals surface area contributed by atoms with Crippen LogP contribution in [0.4, 0.5) is 11.4 Å². The van der Waals surface area contributed by atoms with Crippen LogP contribution in [-0.4, -0.2) is 37.3 Å². The highest BCUT2D eigenvalue weighted by Gasteiger charge is 2.43. The summed E-state index contributed by atoms with van der Waals surface area (Å²) in [5.41, 5.74) is 3.11. The van der Waals surface area contributed by atoms with E-state index in [2.05, 4.69) is 10.2 Å². The second-order valence-corrected chi connectivity index (χ2v) is 6.68.